The Hall–Kier alpha value is -3.13. The number of aromatic nitrogens is 2. The second-order valence-corrected chi connectivity index (χ2v) is 6.34. The van der Waals surface area contributed by atoms with Gasteiger partial charge in [0.15, 0.2) is 5.01 Å². The average molecular weight is 370 g/mol. The van der Waals surface area contributed by atoms with Crippen molar-refractivity contribution in [1.29, 1.82) is 0 Å². The van der Waals surface area contributed by atoms with Gasteiger partial charge in [0.05, 0.1) is 7.11 Å². The van der Waals surface area contributed by atoms with Gasteiger partial charge in [-0.2, -0.15) is 0 Å². The fraction of sp³-hybridized carbons (Fsp3) is 0.167. The SMILES string of the molecule is COc1ccc(NC(=O)Nc2nnc(C(C)Oc3ccccc3)s2)cc1. The Bertz CT molecular complexity index is 852. The number of urea groups is 1. The average Bonchev–Trinajstić information content (AvgIpc) is 3.11. The smallest absolute Gasteiger partial charge is 0.325 e. The maximum atomic E-state index is 12.1. The molecule has 1 heterocycles. The van der Waals surface area contributed by atoms with E-state index in [0.29, 0.717) is 15.8 Å². The quantitative estimate of drug-likeness (QED) is 0.674. The third-order valence-electron chi connectivity index (χ3n) is 3.41. The Morgan fingerprint density at radius 2 is 1.73 bits per heavy atom. The topological polar surface area (TPSA) is 85.4 Å². The number of benzene rings is 2. The van der Waals surface area contributed by atoms with E-state index in [-0.39, 0.29) is 6.10 Å². The number of methoxy groups -OCH3 is 1. The number of nitrogens with one attached hydrogen (secondary N) is 2. The third-order valence-corrected chi connectivity index (χ3v) is 4.41. The first-order chi connectivity index (χ1) is 12.6. The molecule has 1 unspecified atom stereocenters. The highest BCUT2D eigenvalue weighted by atomic mass is 32.1. The van der Waals surface area contributed by atoms with Crippen molar-refractivity contribution >= 4 is 28.2 Å². The summed E-state index contributed by atoms with van der Waals surface area (Å²) in [5, 5.41) is 14.5. The number of rotatable bonds is 6. The van der Waals surface area contributed by atoms with E-state index in [1.807, 2.05) is 37.3 Å². The summed E-state index contributed by atoms with van der Waals surface area (Å²) in [5.74, 6) is 1.47. The molecule has 2 aromatic carbocycles. The lowest BCUT2D eigenvalue weighted by Crippen LogP contribution is -2.19. The van der Waals surface area contributed by atoms with Crippen LogP contribution in [0.3, 0.4) is 0 Å². The Kier molecular flexibility index (Phi) is 5.65. The molecule has 0 radical (unpaired) electrons. The molecule has 1 atom stereocenters. The first-order valence-corrected chi connectivity index (χ1v) is 8.73. The Morgan fingerprint density at radius 3 is 2.42 bits per heavy atom. The van der Waals surface area contributed by atoms with Gasteiger partial charge in [-0.15, -0.1) is 10.2 Å². The van der Waals surface area contributed by atoms with Gasteiger partial charge in [-0.3, -0.25) is 5.32 Å². The minimum atomic E-state index is -0.394. The van der Waals surface area contributed by atoms with E-state index in [4.69, 9.17) is 9.47 Å². The molecular formula is C18H18N4O3S. The normalized spacial score (nSPS) is 11.5. The molecule has 0 aliphatic rings. The van der Waals surface area contributed by atoms with Crippen molar-refractivity contribution < 1.29 is 14.3 Å². The summed E-state index contributed by atoms with van der Waals surface area (Å²) < 4.78 is 10.9. The summed E-state index contributed by atoms with van der Waals surface area (Å²) >= 11 is 1.27. The van der Waals surface area contributed by atoms with E-state index in [9.17, 15) is 4.79 Å². The predicted molar refractivity (Wildman–Crippen MR) is 101 cm³/mol. The lowest BCUT2D eigenvalue weighted by molar-refractivity contribution is 0.225. The Balaban J connectivity index is 1.56. The largest absolute Gasteiger partial charge is 0.497 e. The molecule has 0 spiro atoms. The minimum absolute atomic E-state index is 0.268. The summed E-state index contributed by atoms with van der Waals surface area (Å²) in [6.45, 7) is 1.88. The number of carbonyl (C=O) groups excluding carboxylic acids is 1. The van der Waals surface area contributed by atoms with Gasteiger partial charge in [-0.1, -0.05) is 29.5 Å². The number of para-hydroxylation sites is 1. The molecular weight excluding hydrogens is 352 g/mol. The van der Waals surface area contributed by atoms with Crippen LogP contribution in [0.1, 0.15) is 18.0 Å². The molecule has 0 bridgehead atoms. The van der Waals surface area contributed by atoms with Gasteiger partial charge in [-0.05, 0) is 43.3 Å². The number of anilines is 2. The van der Waals surface area contributed by atoms with Crippen LogP contribution in [0.25, 0.3) is 0 Å². The molecule has 26 heavy (non-hydrogen) atoms. The van der Waals surface area contributed by atoms with E-state index >= 15 is 0 Å². The lowest BCUT2D eigenvalue weighted by atomic mass is 10.3. The van der Waals surface area contributed by atoms with Gasteiger partial charge in [0.1, 0.15) is 17.6 Å². The maximum Gasteiger partial charge on any atom is 0.325 e. The van der Waals surface area contributed by atoms with Crippen LogP contribution >= 0.6 is 11.3 Å². The van der Waals surface area contributed by atoms with Gasteiger partial charge < -0.3 is 14.8 Å². The van der Waals surface area contributed by atoms with E-state index in [1.54, 1.807) is 31.4 Å². The highest BCUT2D eigenvalue weighted by molar-refractivity contribution is 7.15. The van der Waals surface area contributed by atoms with Crippen molar-refractivity contribution in [2.45, 2.75) is 13.0 Å². The van der Waals surface area contributed by atoms with Crippen molar-refractivity contribution in [3.63, 3.8) is 0 Å². The number of hydrogen-bond acceptors (Lipinski definition) is 6. The summed E-state index contributed by atoms with van der Waals surface area (Å²) in [7, 11) is 1.59. The van der Waals surface area contributed by atoms with Crippen molar-refractivity contribution in [1.82, 2.24) is 10.2 Å². The molecule has 2 N–H and O–H groups in total. The van der Waals surface area contributed by atoms with Crippen LogP contribution in [0.2, 0.25) is 0 Å². The Morgan fingerprint density at radius 1 is 1.00 bits per heavy atom. The summed E-state index contributed by atoms with van der Waals surface area (Å²) in [6.07, 6.45) is -0.268. The van der Waals surface area contributed by atoms with Gasteiger partial charge >= 0.3 is 6.03 Å². The van der Waals surface area contributed by atoms with Crippen LogP contribution in [0, 0.1) is 0 Å². The monoisotopic (exact) mass is 370 g/mol. The molecule has 0 aliphatic heterocycles. The van der Waals surface area contributed by atoms with Gasteiger partial charge in [-0.25, -0.2) is 4.79 Å². The van der Waals surface area contributed by atoms with Crippen LogP contribution in [0.15, 0.2) is 54.6 Å². The van der Waals surface area contributed by atoms with Gasteiger partial charge in [0, 0.05) is 5.69 Å². The van der Waals surface area contributed by atoms with E-state index < -0.39 is 6.03 Å². The fourth-order valence-electron chi connectivity index (χ4n) is 2.14. The van der Waals surface area contributed by atoms with E-state index in [0.717, 1.165) is 11.5 Å². The van der Waals surface area contributed by atoms with Crippen LogP contribution in [0.4, 0.5) is 15.6 Å². The third kappa shape index (κ3) is 4.70. The van der Waals surface area contributed by atoms with Crippen LogP contribution in [-0.2, 0) is 0 Å². The highest BCUT2D eigenvalue weighted by Crippen LogP contribution is 2.26. The second kappa shape index (κ2) is 8.30. The van der Waals surface area contributed by atoms with Crippen LogP contribution < -0.4 is 20.1 Å². The number of nitrogens with zero attached hydrogens (tertiary/aromatic N) is 2. The molecule has 7 nitrogen and oxygen atoms in total. The molecule has 134 valence electrons. The zero-order valence-corrected chi connectivity index (χ0v) is 15.1. The minimum Gasteiger partial charge on any atom is -0.497 e. The maximum absolute atomic E-state index is 12.1. The molecule has 8 heteroatoms. The number of carbonyl (C=O) groups is 1. The van der Waals surface area contributed by atoms with Gasteiger partial charge in [0.25, 0.3) is 0 Å². The highest BCUT2D eigenvalue weighted by Gasteiger charge is 2.15. The number of ether oxygens (including phenoxy) is 2. The first kappa shape index (κ1) is 17.7. The summed E-state index contributed by atoms with van der Waals surface area (Å²) in [6, 6.07) is 16.1. The number of amides is 2. The second-order valence-electron chi connectivity index (χ2n) is 5.33. The molecule has 0 fully saturated rings. The standard InChI is InChI=1S/C18H18N4O3S/c1-12(25-15-6-4-3-5-7-15)16-21-22-18(26-16)20-17(23)19-13-8-10-14(24-2)11-9-13/h3-12H,1-2H3,(H2,19,20,22,23). The summed E-state index contributed by atoms with van der Waals surface area (Å²) in [5.41, 5.74) is 0.647. The van der Waals surface area contributed by atoms with Crippen molar-refractivity contribution in [3.05, 3.63) is 59.6 Å². The van der Waals surface area contributed by atoms with Crippen molar-refractivity contribution in [3.8, 4) is 11.5 Å². The van der Waals surface area contributed by atoms with Crippen LogP contribution in [-0.4, -0.2) is 23.3 Å². The zero-order chi connectivity index (χ0) is 18.4. The summed E-state index contributed by atoms with van der Waals surface area (Å²) in [4.78, 5) is 12.1. The predicted octanol–water partition coefficient (Wildman–Crippen LogP) is 4.33. The zero-order valence-electron chi connectivity index (χ0n) is 14.3. The molecule has 1 aromatic heterocycles. The van der Waals surface area contributed by atoms with E-state index in [2.05, 4.69) is 20.8 Å². The fourth-order valence-corrected chi connectivity index (χ4v) is 2.86. The lowest BCUT2D eigenvalue weighted by Gasteiger charge is -2.11. The molecule has 3 aromatic rings. The van der Waals surface area contributed by atoms with E-state index in [1.165, 1.54) is 11.3 Å². The number of hydrogen-bond donors (Lipinski definition) is 2. The first-order valence-electron chi connectivity index (χ1n) is 7.91. The molecule has 0 saturated carbocycles. The van der Waals surface area contributed by atoms with Crippen LogP contribution in [0.5, 0.6) is 11.5 Å². The molecule has 0 saturated heterocycles. The van der Waals surface area contributed by atoms with Gasteiger partial charge in [0.2, 0.25) is 5.13 Å². The van der Waals surface area contributed by atoms with Crippen molar-refractivity contribution in [2.24, 2.45) is 0 Å². The Labute approximate surface area is 155 Å². The molecule has 0 aliphatic carbocycles. The molecule has 2 amide bonds. The van der Waals surface area contributed by atoms with Crippen molar-refractivity contribution in [2.75, 3.05) is 17.7 Å². The molecule has 3 rings (SSSR count).